The molecule has 2 aromatic rings. The monoisotopic (exact) mass is 304 g/mol. The lowest BCUT2D eigenvalue weighted by atomic mass is 10.0. The molecule has 1 aliphatic rings. The van der Waals surface area contributed by atoms with E-state index in [0.29, 0.717) is 17.1 Å². The van der Waals surface area contributed by atoms with Crippen molar-refractivity contribution in [2.75, 3.05) is 21.0 Å². The first-order valence-electron chi connectivity index (χ1n) is 6.34. The smallest absolute Gasteiger partial charge is 0.342 e. The molecule has 1 aromatic carbocycles. The standard InChI is InChI=1S/C15H12O7/c1-18-14(16)9-6-20-13(12(9)15(17)19-2)8-3-4-10-11(5-8)22-7-21-10/h3-6H,7H2,1-2H3. The first kappa shape index (κ1) is 14.0. The maximum absolute atomic E-state index is 12.0. The van der Waals surface area contributed by atoms with Gasteiger partial charge in [0.1, 0.15) is 23.2 Å². The van der Waals surface area contributed by atoms with Gasteiger partial charge in [0.2, 0.25) is 6.79 Å². The van der Waals surface area contributed by atoms with Gasteiger partial charge in [-0.05, 0) is 18.2 Å². The Kier molecular flexibility index (Phi) is 3.46. The van der Waals surface area contributed by atoms with Gasteiger partial charge in [-0.1, -0.05) is 0 Å². The number of carbonyl (C=O) groups excluding carboxylic acids is 2. The van der Waals surface area contributed by atoms with Gasteiger partial charge in [-0.3, -0.25) is 0 Å². The van der Waals surface area contributed by atoms with Gasteiger partial charge in [-0.15, -0.1) is 0 Å². The van der Waals surface area contributed by atoms with Gasteiger partial charge in [0.15, 0.2) is 11.5 Å². The first-order valence-corrected chi connectivity index (χ1v) is 6.34. The Morgan fingerprint density at radius 3 is 2.50 bits per heavy atom. The van der Waals surface area contributed by atoms with Crippen LogP contribution < -0.4 is 9.47 Å². The fourth-order valence-corrected chi connectivity index (χ4v) is 2.17. The summed E-state index contributed by atoms with van der Waals surface area (Å²) in [6.45, 7) is 0.133. The summed E-state index contributed by atoms with van der Waals surface area (Å²) in [4.78, 5) is 23.7. The van der Waals surface area contributed by atoms with Crippen LogP contribution in [0, 0.1) is 0 Å². The highest BCUT2D eigenvalue weighted by molar-refractivity contribution is 6.07. The molecule has 3 rings (SSSR count). The summed E-state index contributed by atoms with van der Waals surface area (Å²) in [5.74, 6) is -0.0454. The third-order valence-electron chi connectivity index (χ3n) is 3.22. The summed E-state index contributed by atoms with van der Waals surface area (Å²) in [5, 5.41) is 0. The van der Waals surface area contributed by atoms with E-state index < -0.39 is 11.9 Å². The van der Waals surface area contributed by atoms with Crippen LogP contribution in [0.25, 0.3) is 11.3 Å². The van der Waals surface area contributed by atoms with Crippen molar-refractivity contribution >= 4 is 11.9 Å². The molecule has 0 saturated carbocycles. The van der Waals surface area contributed by atoms with E-state index in [4.69, 9.17) is 18.6 Å². The molecule has 0 spiro atoms. The molecule has 0 unspecified atom stereocenters. The van der Waals surface area contributed by atoms with Gasteiger partial charge >= 0.3 is 11.9 Å². The van der Waals surface area contributed by atoms with Gasteiger partial charge in [0.05, 0.1) is 14.2 Å². The van der Waals surface area contributed by atoms with Crippen molar-refractivity contribution in [3.63, 3.8) is 0 Å². The first-order chi connectivity index (χ1) is 10.7. The number of fused-ring (bicyclic) bond motifs is 1. The lowest BCUT2D eigenvalue weighted by molar-refractivity contribution is 0.0557. The predicted octanol–water partition coefficient (Wildman–Crippen LogP) is 2.25. The third kappa shape index (κ3) is 2.16. The minimum absolute atomic E-state index is 0.00187. The van der Waals surface area contributed by atoms with Crippen LogP contribution >= 0.6 is 0 Å². The van der Waals surface area contributed by atoms with Crippen LogP contribution in [0.15, 0.2) is 28.9 Å². The van der Waals surface area contributed by atoms with E-state index in [1.807, 2.05) is 0 Å². The fourth-order valence-electron chi connectivity index (χ4n) is 2.17. The highest BCUT2D eigenvalue weighted by Gasteiger charge is 2.28. The predicted molar refractivity (Wildman–Crippen MR) is 72.9 cm³/mol. The molecule has 7 heteroatoms. The summed E-state index contributed by atoms with van der Waals surface area (Å²) >= 11 is 0. The normalized spacial score (nSPS) is 12.1. The Balaban J connectivity index is 2.12. The molecule has 2 heterocycles. The maximum Gasteiger partial charge on any atom is 0.342 e. The lowest BCUT2D eigenvalue weighted by Gasteiger charge is -2.04. The van der Waals surface area contributed by atoms with Crippen molar-refractivity contribution in [1.29, 1.82) is 0 Å². The molecule has 0 amide bonds. The Bertz CT molecular complexity index is 744. The number of rotatable bonds is 3. The molecule has 0 saturated heterocycles. The maximum atomic E-state index is 12.0. The SMILES string of the molecule is COC(=O)c1coc(-c2ccc3c(c2)OCO3)c1C(=O)OC. The van der Waals surface area contributed by atoms with Gasteiger partial charge < -0.3 is 23.4 Å². The van der Waals surface area contributed by atoms with E-state index in [1.54, 1.807) is 18.2 Å². The number of hydrogen-bond donors (Lipinski definition) is 0. The van der Waals surface area contributed by atoms with Crippen LogP contribution in [-0.4, -0.2) is 33.0 Å². The molecule has 1 aromatic heterocycles. The van der Waals surface area contributed by atoms with Gasteiger partial charge in [0, 0.05) is 5.56 Å². The van der Waals surface area contributed by atoms with Gasteiger partial charge in [-0.2, -0.15) is 0 Å². The van der Waals surface area contributed by atoms with E-state index >= 15 is 0 Å². The van der Waals surface area contributed by atoms with Crippen molar-refractivity contribution in [1.82, 2.24) is 0 Å². The molecule has 0 aliphatic carbocycles. The molecular formula is C15H12O7. The Hall–Kier alpha value is -2.96. The van der Waals surface area contributed by atoms with Crippen LogP contribution in [0.3, 0.4) is 0 Å². The second-order valence-corrected chi connectivity index (χ2v) is 4.40. The number of esters is 2. The highest BCUT2D eigenvalue weighted by Crippen LogP contribution is 2.38. The minimum Gasteiger partial charge on any atom is -0.465 e. The average molecular weight is 304 g/mol. The molecule has 0 fully saturated rings. The number of carbonyl (C=O) groups is 2. The van der Waals surface area contributed by atoms with Crippen molar-refractivity contribution in [3.05, 3.63) is 35.6 Å². The molecule has 7 nitrogen and oxygen atoms in total. The Labute approximate surface area is 125 Å². The summed E-state index contributed by atoms with van der Waals surface area (Å²) < 4.78 is 25.3. The third-order valence-corrected chi connectivity index (χ3v) is 3.22. The van der Waals surface area contributed by atoms with E-state index in [1.165, 1.54) is 14.2 Å². The molecule has 0 atom stereocenters. The van der Waals surface area contributed by atoms with Crippen LogP contribution in [0.5, 0.6) is 11.5 Å². The second-order valence-electron chi connectivity index (χ2n) is 4.40. The lowest BCUT2D eigenvalue weighted by Crippen LogP contribution is -2.10. The fraction of sp³-hybridized carbons (Fsp3) is 0.200. The number of benzene rings is 1. The van der Waals surface area contributed by atoms with E-state index in [2.05, 4.69) is 4.74 Å². The number of furan rings is 1. The summed E-state index contributed by atoms with van der Waals surface area (Å²) in [6.07, 6.45) is 1.16. The average Bonchev–Trinajstić information content (AvgIpc) is 3.18. The molecular weight excluding hydrogens is 292 g/mol. The van der Waals surface area contributed by atoms with E-state index in [9.17, 15) is 9.59 Å². The molecule has 1 aliphatic heterocycles. The Morgan fingerprint density at radius 2 is 1.77 bits per heavy atom. The zero-order valence-electron chi connectivity index (χ0n) is 11.9. The minimum atomic E-state index is -0.693. The quantitative estimate of drug-likeness (QED) is 0.804. The molecule has 22 heavy (non-hydrogen) atoms. The van der Waals surface area contributed by atoms with Gasteiger partial charge in [0.25, 0.3) is 0 Å². The van der Waals surface area contributed by atoms with Crippen molar-refractivity contribution in [2.45, 2.75) is 0 Å². The van der Waals surface area contributed by atoms with E-state index in [0.717, 1.165) is 6.26 Å². The van der Waals surface area contributed by atoms with Gasteiger partial charge in [-0.25, -0.2) is 9.59 Å². The summed E-state index contributed by atoms with van der Waals surface area (Å²) in [5.41, 5.74) is 0.565. The number of hydrogen-bond acceptors (Lipinski definition) is 7. The molecule has 0 radical (unpaired) electrons. The van der Waals surface area contributed by atoms with Crippen LogP contribution in [0.2, 0.25) is 0 Å². The van der Waals surface area contributed by atoms with Crippen LogP contribution in [0.4, 0.5) is 0 Å². The molecule has 0 N–H and O–H groups in total. The zero-order chi connectivity index (χ0) is 15.7. The summed E-state index contributed by atoms with van der Waals surface area (Å²) in [6, 6.07) is 5.05. The van der Waals surface area contributed by atoms with Crippen LogP contribution in [-0.2, 0) is 9.47 Å². The highest BCUT2D eigenvalue weighted by atomic mass is 16.7. The van der Waals surface area contributed by atoms with Crippen molar-refractivity contribution in [3.8, 4) is 22.8 Å². The molecule has 0 bridgehead atoms. The topological polar surface area (TPSA) is 84.2 Å². The largest absolute Gasteiger partial charge is 0.465 e. The zero-order valence-corrected chi connectivity index (χ0v) is 11.9. The van der Waals surface area contributed by atoms with E-state index in [-0.39, 0.29) is 23.7 Å². The van der Waals surface area contributed by atoms with Crippen molar-refractivity contribution in [2.24, 2.45) is 0 Å². The number of methoxy groups -OCH3 is 2. The Morgan fingerprint density at radius 1 is 1.05 bits per heavy atom. The van der Waals surface area contributed by atoms with Crippen LogP contribution in [0.1, 0.15) is 20.7 Å². The second kappa shape index (κ2) is 5.44. The van der Waals surface area contributed by atoms with Crippen molar-refractivity contribution < 1.29 is 33.0 Å². The summed E-state index contributed by atoms with van der Waals surface area (Å²) in [7, 11) is 2.44. The molecule has 114 valence electrons. The number of ether oxygens (including phenoxy) is 4.